The fourth-order valence-electron chi connectivity index (χ4n) is 2.12. The summed E-state index contributed by atoms with van der Waals surface area (Å²) in [5, 5.41) is 21.3. The van der Waals surface area contributed by atoms with Gasteiger partial charge in [0.05, 0.1) is 0 Å². The summed E-state index contributed by atoms with van der Waals surface area (Å²) < 4.78 is 0. The quantitative estimate of drug-likeness (QED) is 0.677. The molecule has 0 bridgehead atoms. The van der Waals surface area contributed by atoms with Gasteiger partial charge in [-0.15, -0.1) is 0 Å². The minimum Gasteiger partial charge on any atom is -0.504 e. The average Bonchev–Trinajstić information content (AvgIpc) is 3.22. The van der Waals surface area contributed by atoms with E-state index in [1.807, 2.05) is 0 Å². The summed E-state index contributed by atoms with van der Waals surface area (Å²) in [7, 11) is 0. The second kappa shape index (κ2) is 5.93. The predicted molar refractivity (Wildman–Crippen MR) is 72.4 cm³/mol. The lowest BCUT2D eigenvalue weighted by atomic mass is 10.2. The topological polar surface area (TPSA) is 72.8 Å². The molecule has 0 atom stereocenters. The fourth-order valence-corrected chi connectivity index (χ4v) is 2.12. The highest BCUT2D eigenvalue weighted by atomic mass is 16.3. The summed E-state index contributed by atoms with van der Waals surface area (Å²) >= 11 is 0. The number of amides is 1. The largest absolute Gasteiger partial charge is 0.504 e. The van der Waals surface area contributed by atoms with Crippen LogP contribution in [-0.4, -0.2) is 46.7 Å². The molecule has 0 saturated heterocycles. The van der Waals surface area contributed by atoms with E-state index >= 15 is 0 Å². The first-order chi connectivity index (χ1) is 9.11. The van der Waals surface area contributed by atoms with Gasteiger partial charge in [-0.1, -0.05) is 6.92 Å². The van der Waals surface area contributed by atoms with Crippen molar-refractivity contribution in [2.24, 2.45) is 0 Å². The number of carbonyl (C=O) groups excluding carboxylic acids is 1. The fraction of sp³-hybridized carbons (Fsp3) is 0.500. The van der Waals surface area contributed by atoms with E-state index in [2.05, 4.69) is 17.1 Å². The molecule has 1 amide bonds. The standard InChI is InChI=1S/C14H20N2O3/c1-2-16(11-4-5-11)8-7-15-14(19)10-3-6-12(17)13(18)9-10/h3,6,9,11,17-18H,2,4-5,7-8H2,1H3,(H,15,19). The van der Waals surface area contributed by atoms with Gasteiger partial charge in [0.15, 0.2) is 11.5 Å². The van der Waals surface area contributed by atoms with Crippen molar-refractivity contribution in [2.45, 2.75) is 25.8 Å². The number of hydrogen-bond acceptors (Lipinski definition) is 4. The van der Waals surface area contributed by atoms with E-state index in [9.17, 15) is 15.0 Å². The summed E-state index contributed by atoms with van der Waals surface area (Å²) in [6, 6.07) is 4.76. The van der Waals surface area contributed by atoms with E-state index in [0.29, 0.717) is 18.2 Å². The smallest absolute Gasteiger partial charge is 0.251 e. The summed E-state index contributed by atoms with van der Waals surface area (Å²) in [6.45, 7) is 4.56. The van der Waals surface area contributed by atoms with Crippen molar-refractivity contribution in [1.29, 1.82) is 0 Å². The number of nitrogens with zero attached hydrogens (tertiary/aromatic N) is 1. The van der Waals surface area contributed by atoms with E-state index in [4.69, 9.17) is 0 Å². The third-order valence-electron chi connectivity index (χ3n) is 3.39. The lowest BCUT2D eigenvalue weighted by molar-refractivity contribution is 0.0947. The van der Waals surface area contributed by atoms with Crippen molar-refractivity contribution in [3.05, 3.63) is 23.8 Å². The van der Waals surface area contributed by atoms with Crippen molar-refractivity contribution in [1.82, 2.24) is 10.2 Å². The monoisotopic (exact) mass is 264 g/mol. The number of nitrogens with one attached hydrogen (secondary N) is 1. The number of likely N-dealkylation sites (N-methyl/N-ethyl adjacent to an activating group) is 1. The molecule has 5 nitrogen and oxygen atoms in total. The third kappa shape index (κ3) is 3.61. The van der Waals surface area contributed by atoms with Crippen LogP contribution in [0.2, 0.25) is 0 Å². The Morgan fingerprint density at radius 3 is 2.68 bits per heavy atom. The molecule has 0 spiro atoms. The first kappa shape index (κ1) is 13.7. The highest BCUT2D eigenvalue weighted by Crippen LogP contribution is 2.26. The van der Waals surface area contributed by atoms with Crippen molar-refractivity contribution in [2.75, 3.05) is 19.6 Å². The SMILES string of the molecule is CCN(CCNC(=O)c1ccc(O)c(O)c1)C1CC1. The number of phenols is 2. The molecular weight excluding hydrogens is 244 g/mol. The van der Waals surface area contributed by atoms with Crippen LogP contribution >= 0.6 is 0 Å². The maximum atomic E-state index is 11.8. The Bertz CT molecular complexity index is 458. The van der Waals surface area contributed by atoms with Crippen molar-refractivity contribution < 1.29 is 15.0 Å². The van der Waals surface area contributed by atoms with Crippen LogP contribution in [0.1, 0.15) is 30.1 Å². The van der Waals surface area contributed by atoms with Crippen molar-refractivity contribution >= 4 is 5.91 Å². The molecule has 2 rings (SSSR count). The Balaban J connectivity index is 1.81. The zero-order chi connectivity index (χ0) is 13.8. The molecule has 5 heteroatoms. The summed E-state index contributed by atoms with van der Waals surface area (Å²) in [5.74, 6) is -0.731. The molecule has 19 heavy (non-hydrogen) atoms. The lowest BCUT2D eigenvalue weighted by Crippen LogP contribution is -2.36. The lowest BCUT2D eigenvalue weighted by Gasteiger charge is -2.19. The Morgan fingerprint density at radius 1 is 1.37 bits per heavy atom. The summed E-state index contributed by atoms with van der Waals surface area (Å²) in [6.07, 6.45) is 2.52. The third-order valence-corrected chi connectivity index (χ3v) is 3.39. The molecule has 0 aliphatic heterocycles. The normalized spacial score (nSPS) is 14.6. The molecule has 0 aromatic heterocycles. The van der Waals surface area contributed by atoms with Crippen LogP contribution in [0, 0.1) is 0 Å². The number of benzene rings is 1. The number of aromatic hydroxyl groups is 2. The molecular formula is C14H20N2O3. The van der Waals surface area contributed by atoms with Gasteiger partial charge < -0.3 is 15.5 Å². The Labute approximate surface area is 112 Å². The van der Waals surface area contributed by atoms with Gasteiger partial charge in [-0.05, 0) is 37.6 Å². The van der Waals surface area contributed by atoms with Crippen LogP contribution in [0.4, 0.5) is 0 Å². The van der Waals surface area contributed by atoms with Crippen LogP contribution in [0.15, 0.2) is 18.2 Å². The number of hydrogen-bond donors (Lipinski definition) is 3. The van der Waals surface area contributed by atoms with E-state index in [1.54, 1.807) is 0 Å². The van der Waals surface area contributed by atoms with Crippen molar-refractivity contribution in [3.8, 4) is 11.5 Å². The van der Waals surface area contributed by atoms with Crippen LogP contribution in [-0.2, 0) is 0 Å². The second-order valence-electron chi connectivity index (χ2n) is 4.82. The zero-order valence-corrected chi connectivity index (χ0v) is 11.1. The molecule has 0 unspecified atom stereocenters. The number of phenolic OH excluding ortho intramolecular Hbond substituents is 2. The van der Waals surface area contributed by atoms with E-state index in [0.717, 1.165) is 13.1 Å². The summed E-state index contributed by atoms with van der Waals surface area (Å²) in [4.78, 5) is 14.2. The molecule has 0 heterocycles. The van der Waals surface area contributed by atoms with Gasteiger partial charge in [-0.3, -0.25) is 9.69 Å². The molecule has 1 fully saturated rings. The minimum atomic E-state index is -0.277. The Morgan fingerprint density at radius 2 is 2.11 bits per heavy atom. The molecule has 1 aromatic carbocycles. The van der Waals surface area contributed by atoms with Crippen LogP contribution < -0.4 is 5.32 Å². The maximum Gasteiger partial charge on any atom is 0.251 e. The molecule has 0 radical (unpaired) electrons. The number of rotatable bonds is 6. The van der Waals surface area contributed by atoms with Crippen LogP contribution in [0.25, 0.3) is 0 Å². The first-order valence-electron chi connectivity index (χ1n) is 6.66. The van der Waals surface area contributed by atoms with E-state index in [1.165, 1.54) is 31.0 Å². The van der Waals surface area contributed by atoms with Gasteiger partial charge >= 0.3 is 0 Å². The van der Waals surface area contributed by atoms with Crippen LogP contribution in [0.3, 0.4) is 0 Å². The van der Waals surface area contributed by atoms with Crippen LogP contribution in [0.5, 0.6) is 11.5 Å². The Kier molecular flexibility index (Phi) is 4.27. The highest BCUT2D eigenvalue weighted by Gasteiger charge is 2.27. The Hall–Kier alpha value is -1.75. The highest BCUT2D eigenvalue weighted by molar-refractivity contribution is 5.94. The maximum absolute atomic E-state index is 11.8. The predicted octanol–water partition coefficient (Wildman–Crippen LogP) is 1.31. The van der Waals surface area contributed by atoms with Crippen molar-refractivity contribution in [3.63, 3.8) is 0 Å². The van der Waals surface area contributed by atoms with E-state index < -0.39 is 0 Å². The van der Waals surface area contributed by atoms with Gasteiger partial charge in [0, 0.05) is 24.7 Å². The first-order valence-corrected chi connectivity index (χ1v) is 6.66. The van der Waals surface area contributed by atoms with Gasteiger partial charge in [0.25, 0.3) is 5.91 Å². The molecule has 1 saturated carbocycles. The average molecular weight is 264 g/mol. The molecule has 1 aromatic rings. The van der Waals surface area contributed by atoms with Gasteiger partial charge in [0.1, 0.15) is 0 Å². The minimum absolute atomic E-state index is 0.220. The van der Waals surface area contributed by atoms with Gasteiger partial charge in [0.2, 0.25) is 0 Å². The molecule has 1 aliphatic rings. The van der Waals surface area contributed by atoms with Gasteiger partial charge in [-0.2, -0.15) is 0 Å². The molecule has 104 valence electrons. The molecule has 3 N–H and O–H groups in total. The number of carbonyl (C=O) groups is 1. The summed E-state index contributed by atoms with van der Waals surface area (Å²) in [5.41, 5.74) is 0.352. The molecule has 1 aliphatic carbocycles. The second-order valence-corrected chi connectivity index (χ2v) is 4.82. The van der Waals surface area contributed by atoms with E-state index in [-0.39, 0.29) is 17.4 Å². The zero-order valence-electron chi connectivity index (χ0n) is 11.1. The van der Waals surface area contributed by atoms with Gasteiger partial charge in [-0.25, -0.2) is 0 Å².